The minimum absolute atomic E-state index is 0.345. The molecule has 0 heterocycles. The topological polar surface area (TPSA) is 84.9 Å². The van der Waals surface area contributed by atoms with Gasteiger partial charge in [-0.2, -0.15) is 0 Å². The van der Waals surface area contributed by atoms with Gasteiger partial charge in [0.2, 0.25) is 6.61 Å². The van der Waals surface area contributed by atoms with E-state index < -0.39 is 12.6 Å². The molecule has 0 aliphatic carbocycles. The summed E-state index contributed by atoms with van der Waals surface area (Å²) in [5, 5.41) is 11.6. The lowest BCUT2D eigenvalue weighted by Crippen LogP contribution is -2.13. The van der Waals surface area contributed by atoms with Crippen molar-refractivity contribution in [3.8, 4) is 0 Å². The Kier molecular flexibility index (Phi) is 5.77. The number of nitrogens with two attached hydrogens (primary N) is 1. The molecule has 0 rings (SSSR count). The number of carbonyl (C=O) groups is 1. The third-order valence-electron chi connectivity index (χ3n) is 1.16. The number of hydrogen-bond donors (Lipinski definition) is 2. The highest BCUT2D eigenvalue weighted by Gasteiger charge is 1.96. The fourth-order valence-electron chi connectivity index (χ4n) is 0.574. The van der Waals surface area contributed by atoms with E-state index >= 15 is 0 Å². The second kappa shape index (κ2) is 6.45. The normalized spacial score (nSPS) is 11.2. The van der Waals surface area contributed by atoms with Crippen molar-refractivity contribution in [2.45, 2.75) is 26.2 Å². The first-order valence-corrected chi connectivity index (χ1v) is 3.83. The summed E-state index contributed by atoms with van der Waals surface area (Å²) >= 11 is 0. The summed E-state index contributed by atoms with van der Waals surface area (Å²) in [7, 11) is 0. The zero-order valence-corrected chi connectivity index (χ0v) is 7.12. The van der Waals surface area contributed by atoms with Crippen molar-refractivity contribution in [3.63, 3.8) is 0 Å². The molecule has 0 aromatic carbocycles. The lowest BCUT2D eigenvalue weighted by atomic mass is 10.2. The number of unbranched alkanes of at least 4 members (excludes halogenated alkanes) is 1. The summed E-state index contributed by atoms with van der Waals surface area (Å²) in [6.45, 7) is 1.60. The molecule has 5 nitrogen and oxygen atoms in total. The predicted octanol–water partition coefficient (Wildman–Crippen LogP) is 0.550. The second-order valence-corrected chi connectivity index (χ2v) is 2.35. The van der Waals surface area contributed by atoms with Gasteiger partial charge in [0.15, 0.2) is 0 Å². The van der Waals surface area contributed by atoms with Crippen LogP contribution in [0.5, 0.6) is 0 Å². The van der Waals surface area contributed by atoms with Crippen molar-refractivity contribution in [1.29, 1.82) is 0 Å². The average molecular weight is 174 g/mol. The predicted molar refractivity (Wildman–Crippen MR) is 44.7 cm³/mol. The van der Waals surface area contributed by atoms with Crippen molar-refractivity contribution in [3.05, 3.63) is 0 Å². The van der Waals surface area contributed by atoms with Gasteiger partial charge in [0.05, 0.1) is 0 Å². The quantitative estimate of drug-likeness (QED) is 0.350. The SMILES string of the molecule is CCCCC(N)=NOCC(=O)O. The van der Waals surface area contributed by atoms with Crippen LogP contribution in [0.2, 0.25) is 0 Å². The van der Waals surface area contributed by atoms with E-state index in [1.165, 1.54) is 0 Å². The molecule has 0 amide bonds. The van der Waals surface area contributed by atoms with E-state index in [4.69, 9.17) is 10.8 Å². The van der Waals surface area contributed by atoms with E-state index in [9.17, 15) is 4.79 Å². The highest BCUT2D eigenvalue weighted by Crippen LogP contribution is 1.93. The number of amidine groups is 1. The van der Waals surface area contributed by atoms with Crippen molar-refractivity contribution >= 4 is 11.8 Å². The molecule has 0 spiro atoms. The van der Waals surface area contributed by atoms with Gasteiger partial charge in [-0.15, -0.1) is 0 Å². The van der Waals surface area contributed by atoms with Crippen molar-refractivity contribution in [2.75, 3.05) is 6.61 Å². The van der Waals surface area contributed by atoms with E-state index in [0.717, 1.165) is 12.8 Å². The summed E-state index contributed by atoms with van der Waals surface area (Å²) in [6, 6.07) is 0. The molecule has 0 atom stereocenters. The molecule has 0 aromatic rings. The number of nitrogens with zero attached hydrogens (tertiary/aromatic N) is 1. The van der Waals surface area contributed by atoms with Gasteiger partial charge in [0.25, 0.3) is 0 Å². The first-order chi connectivity index (χ1) is 5.66. The Morgan fingerprint density at radius 1 is 1.67 bits per heavy atom. The molecule has 0 radical (unpaired) electrons. The monoisotopic (exact) mass is 174 g/mol. The van der Waals surface area contributed by atoms with Crippen LogP contribution in [0.4, 0.5) is 0 Å². The zero-order chi connectivity index (χ0) is 9.40. The Balaban J connectivity index is 3.47. The van der Waals surface area contributed by atoms with Gasteiger partial charge >= 0.3 is 5.97 Å². The molecule has 0 aliphatic heterocycles. The fourth-order valence-corrected chi connectivity index (χ4v) is 0.574. The number of rotatable bonds is 6. The molecule has 0 saturated heterocycles. The lowest BCUT2D eigenvalue weighted by Gasteiger charge is -1.97. The molecule has 0 aliphatic rings. The minimum atomic E-state index is -1.05. The second-order valence-electron chi connectivity index (χ2n) is 2.35. The van der Waals surface area contributed by atoms with Crippen LogP contribution in [-0.2, 0) is 9.63 Å². The molecule has 12 heavy (non-hydrogen) atoms. The van der Waals surface area contributed by atoms with Crippen LogP contribution in [0.3, 0.4) is 0 Å². The van der Waals surface area contributed by atoms with Crippen molar-refractivity contribution < 1.29 is 14.7 Å². The van der Waals surface area contributed by atoms with Gasteiger partial charge in [0, 0.05) is 6.42 Å². The third-order valence-corrected chi connectivity index (χ3v) is 1.16. The van der Waals surface area contributed by atoms with Crippen LogP contribution in [0.15, 0.2) is 5.16 Å². The smallest absolute Gasteiger partial charge is 0.344 e. The number of carboxylic acid groups (broad SMARTS) is 1. The van der Waals surface area contributed by atoms with Crippen LogP contribution in [0.1, 0.15) is 26.2 Å². The Hall–Kier alpha value is -1.26. The van der Waals surface area contributed by atoms with Crippen molar-refractivity contribution in [1.82, 2.24) is 0 Å². The molecule has 5 heteroatoms. The van der Waals surface area contributed by atoms with E-state index in [0.29, 0.717) is 12.3 Å². The molecular weight excluding hydrogens is 160 g/mol. The molecule has 0 aromatic heterocycles. The molecular formula is C7H14N2O3. The van der Waals surface area contributed by atoms with Crippen LogP contribution in [0.25, 0.3) is 0 Å². The fraction of sp³-hybridized carbons (Fsp3) is 0.714. The molecule has 0 saturated carbocycles. The Morgan fingerprint density at radius 3 is 2.83 bits per heavy atom. The van der Waals surface area contributed by atoms with Gasteiger partial charge in [-0.3, -0.25) is 0 Å². The standard InChI is InChI=1S/C7H14N2O3/c1-2-3-4-6(8)9-12-5-7(10)11/h2-5H2,1H3,(H2,8,9)(H,10,11). The minimum Gasteiger partial charge on any atom is -0.479 e. The first-order valence-electron chi connectivity index (χ1n) is 3.83. The highest BCUT2D eigenvalue weighted by molar-refractivity contribution is 5.79. The largest absolute Gasteiger partial charge is 0.479 e. The maximum Gasteiger partial charge on any atom is 0.344 e. The first kappa shape index (κ1) is 10.7. The molecule has 0 unspecified atom stereocenters. The number of oxime groups is 1. The third kappa shape index (κ3) is 6.85. The Labute approximate surface area is 71.2 Å². The lowest BCUT2D eigenvalue weighted by molar-refractivity contribution is -0.142. The summed E-state index contributed by atoms with van der Waals surface area (Å²) in [4.78, 5) is 14.4. The van der Waals surface area contributed by atoms with Crippen LogP contribution < -0.4 is 5.73 Å². The van der Waals surface area contributed by atoms with E-state index in [2.05, 4.69) is 9.99 Å². The Morgan fingerprint density at radius 2 is 2.33 bits per heavy atom. The average Bonchev–Trinajstić information content (AvgIpc) is 2.00. The maximum atomic E-state index is 9.96. The van der Waals surface area contributed by atoms with Gasteiger partial charge in [-0.25, -0.2) is 4.79 Å². The summed E-state index contributed by atoms with van der Waals surface area (Å²) < 4.78 is 0. The zero-order valence-electron chi connectivity index (χ0n) is 7.12. The summed E-state index contributed by atoms with van der Waals surface area (Å²) in [6.07, 6.45) is 2.61. The van der Waals surface area contributed by atoms with E-state index in [1.807, 2.05) is 6.92 Å². The van der Waals surface area contributed by atoms with Gasteiger partial charge in [-0.05, 0) is 6.42 Å². The van der Waals surface area contributed by atoms with Crippen LogP contribution in [-0.4, -0.2) is 23.5 Å². The number of carboxylic acids is 1. The van der Waals surface area contributed by atoms with Gasteiger partial charge in [-0.1, -0.05) is 18.5 Å². The number of hydrogen-bond acceptors (Lipinski definition) is 3. The molecule has 3 N–H and O–H groups in total. The van der Waals surface area contributed by atoms with Gasteiger partial charge < -0.3 is 15.7 Å². The highest BCUT2D eigenvalue weighted by atomic mass is 16.6. The van der Waals surface area contributed by atoms with Crippen LogP contribution in [0, 0.1) is 0 Å². The summed E-state index contributed by atoms with van der Waals surface area (Å²) in [5.41, 5.74) is 5.38. The molecule has 70 valence electrons. The van der Waals surface area contributed by atoms with Crippen LogP contribution >= 0.6 is 0 Å². The molecule has 0 bridgehead atoms. The van der Waals surface area contributed by atoms with E-state index in [-0.39, 0.29) is 0 Å². The Bertz CT molecular complexity index is 168. The molecule has 0 fully saturated rings. The summed E-state index contributed by atoms with van der Waals surface area (Å²) in [5.74, 6) is -0.708. The van der Waals surface area contributed by atoms with E-state index in [1.54, 1.807) is 0 Å². The number of aliphatic carboxylic acids is 1. The van der Waals surface area contributed by atoms with Crippen molar-refractivity contribution in [2.24, 2.45) is 10.9 Å². The maximum absolute atomic E-state index is 9.96. The van der Waals surface area contributed by atoms with Gasteiger partial charge in [0.1, 0.15) is 5.84 Å².